The van der Waals surface area contributed by atoms with Crippen LogP contribution < -0.4 is 0 Å². The molecule has 0 bridgehead atoms. The Bertz CT molecular complexity index is 107. The molecule has 0 aliphatic rings. The molecule has 0 aromatic heterocycles. The zero-order chi connectivity index (χ0) is 6.73. The van der Waals surface area contributed by atoms with Crippen LogP contribution in [0.15, 0.2) is 0 Å². The van der Waals surface area contributed by atoms with Gasteiger partial charge in [0.1, 0.15) is 0 Å². The minimum Gasteiger partial charge on any atom is -0.303 e. The number of rotatable bonds is 2. The second-order valence-electron chi connectivity index (χ2n) is 1.64. The van der Waals surface area contributed by atoms with Crippen LogP contribution in [-0.2, 0) is 0 Å². The standard InChI is InChI=1S/C4H8N2O2/c1-3(5)4(2)6(7)8/h4-5H,1-2H3. The van der Waals surface area contributed by atoms with Crippen molar-refractivity contribution in [3.8, 4) is 0 Å². The van der Waals surface area contributed by atoms with Crippen LogP contribution in [0.4, 0.5) is 0 Å². The van der Waals surface area contributed by atoms with Gasteiger partial charge in [0.15, 0.2) is 0 Å². The van der Waals surface area contributed by atoms with E-state index >= 15 is 0 Å². The molecule has 0 heterocycles. The molecular weight excluding hydrogens is 108 g/mol. The van der Waals surface area contributed by atoms with Gasteiger partial charge in [0.05, 0.1) is 5.71 Å². The highest BCUT2D eigenvalue weighted by molar-refractivity contribution is 5.82. The largest absolute Gasteiger partial charge is 0.303 e. The molecule has 0 fully saturated rings. The lowest BCUT2D eigenvalue weighted by atomic mass is 10.2. The third-order valence-electron chi connectivity index (χ3n) is 0.943. The van der Waals surface area contributed by atoms with Crippen molar-refractivity contribution in [2.45, 2.75) is 19.9 Å². The number of hydrogen-bond acceptors (Lipinski definition) is 3. The maximum atomic E-state index is 9.81. The highest BCUT2D eigenvalue weighted by Crippen LogP contribution is 1.87. The van der Waals surface area contributed by atoms with E-state index in [4.69, 9.17) is 5.41 Å². The first-order chi connectivity index (χ1) is 3.55. The molecule has 0 aliphatic carbocycles. The average molecular weight is 116 g/mol. The summed E-state index contributed by atoms with van der Waals surface area (Å²) in [4.78, 5) is 9.32. The molecule has 46 valence electrons. The third-order valence-corrected chi connectivity index (χ3v) is 0.943. The fraction of sp³-hybridized carbons (Fsp3) is 0.750. The van der Waals surface area contributed by atoms with Crippen molar-refractivity contribution in [1.82, 2.24) is 0 Å². The van der Waals surface area contributed by atoms with Crippen LogP contribution in [0.5, 0.6) is 0 Å². The molecule has 0 aliphatic heterocycles. The summed E-state index contributed by atoms with van der Waals surface area (Å²) in [6.45, 7) is 2.82. The summed E-state index contributed by atoms with van der Waals surface area (Å²) in [6, 6.07) is -0.824. The minimum atomic E-state index is -0.824. The lowest BCUT2D eigenvalue weighted by Gasteiger charge is -1.97. The predicted molar refractivity (Wildman–Crippen MR) is 29.9 cm³/mol. The number of nitro groups is 1. The van der Waals surface area contributed by atoms with E-state index in [2.05, 4.69) is 0 Å². The summed E-state index contributed by atoms with van der Waals surface area (Å²) in [5.41, 5.74) is 0.0926. The highest BCUT2D eigenvalue weighted by Gasteiger charge is 2.13. The molecule has 0 spiro atoms. The zero-order valence-electron chi connectivity index (χ0n) is 4.84. The van der Waals surface area contributed by atoms with Crippen molar-refractivity contribution in [3.05, 3.63) is 10.1 Å². The molecule has 1 unspecified atom stereocenters. The van der Waals surface area contributed by atoms with Gasteiger partial charge < -0.3 is 5.41 Å². The summed E-state index contributed by atoms with van der Waals surface area (Å²) >= 11 is 0. The summed E-state index contributed by atoms with van der Waals surface area (Å²) in [7, 11) is 0. The van der Waals surface area contributed by atoms with Crippen LogP contribution in [0.2, 0.25) is 0 Å². The fourth-order valence-electron chi connectivity index (χ4n) is 0.158. The van der Waals surface area contributed by atoms with Crippen molar-refractivity contribution in [2.75, 3.05) is 0 Å². The van der Waals surface area contributed by atoms with E-state index < -0.39 is 11.0 Å². The smallest absolute Gasteiger partial charge is 0.247 e. The number of nitrogens with one attached hydrogen (secondary N) is 1. The van der Waals surface area contributed by atoms with E-state index in [1.54, 1.807) is 0 Å². The van der Waals surface area contributed by atoms with Gasteiger partial charge in [0.2, 0.25) is 6.04 Å². The van der Waals surface area contributed by atoms with Gasteiger partial charge >= 0.3 is 0 Å². The van der Waals surface area contributed by atoms with E-state index in [1.165, 1.54) is 13.8 Å². The Morgan fingerprint density at radius 1 is 1.88 bits per heavy atom. The summed E-state index contributed by atoms with van der Waals surface area (Å²) in [5, 5.41) is 16.6. The van der Waals surface area contributed by atoms with E-state index in [9.17, 15) is 10.1 Å². The van der Waals surface area contributed by atoms with Gasteiger partial charge in [-0.25, -0.2) is 0 Å². The zero-order valence-corrected chi connectivity index (χ0v) is 4.84. The topological polar surface area (TPSA) is 67.0 Å². The predicted octanol–water partition coefficient (Wildman–Crippen LogP) is 0.691. The van der Waals surface area contributed by atoms with Crippen LogP contribution in [0.1, 0.15) is 13.8 Å². The Labute approximate surface area is 47.2 Å². The molecule has 8 heavy (non-hydrogen) atoms. The maximum absolute atomic E-state index is 9.81. The quantitative estimate of drug-likeness (QED) is 0.327. The van der Waals surface area contributed by atoms with Crippen molar-refractivity contribution in [3.63, 3.8) is 0 Å². The van der Waals surface area contributed by atoms with E-state index in [0.717, 1.165) is 0 Å². The molecule has 0 rings (SSSR count). The Morgan fingerprint density at radius 2 is 2.25 bits per heavy atom. The molecule has 0 aromatic rings. The molecule has 0 saturated heterocycles. The molecule has 4 heteroatoms. The Hall–Kier alpha value is -0.930. The van der Waals surface area contributed by atoms with Crippen LogP contribution in [-0.4, -0.2) is 16.7 Å². The average Bonchev–Trinajstić information content (AvgIpc) is 1.64. The first-order valence-corrected chi connectivity index (χ1v) is 2.24. The van der Waals surface area contributed by atoms with Gasteiger partial charge in [0.25, 0.3) is 0 Å². The highest BCUT2D eigenvalue weighted by atomic mass is 16.6. The molecular formula is C4H8N2O2. The van der Waals surface area contributed by atoms with Gasteiger partial charge in [-0.3, -0.25) is 10.1 Å². The summed E-state index contributed by atoms with van der Waals surface area (Å²) in [5.74, 6) is 0. The normalized spacial score (nSPS) is 12.8. The van der Waals surface area contributed by atoms with Crippen molar-refractivity contribution < 1.29 is 4.92 Å². The Kier molecular flexibility index (Phi) is 2.12. The van der Waals surface area contributed by atoms with Gasteiger partial charge in [-0.15, -0.1) is 0 Å². The molecule has 0 aromatic carbocycles. The van der Waals surface area contributed by atoms with Crippen molar-refractivity contribution >= 4 is 5.71 Å². The van der Waals surface area contributed by atoms with Gasteiger partial charge in [-0.1, -0.05) is 0 Å². The van der Waals surface area contributed by atoms with Crippen LogP contribution in [0, 0.1) is 15.5 Å². The molecule has 0 radical (unpaired) electrons. The number of hydrogen-bond donors (Lipinski definition) is 1. The second-order valence-corrected chi connectivity index (χ2v) is 1.64. The molecule has 1 atom stereocenters. The van der Waals surface area contributed by atoms with Crippen molar-refractivity contribution in [1.29, 1.82) is 5.41 Å². The monoisotopic (exact) mass is 116 g/mol. The number of nitrogens with zero attached hydrogens (tertiary/aromatic N) is 1. The SMILES string of the molecule is CC(=N)C(C)[N+](=O)[O-]. The Morgan fingerprint density at radius 3 is 2.25 bits per heavy atom. The van der Waals surface area contributed by atoms with Gasteiger partial charge in [0, 0.05) is 11.8 Å². The maximum Gasteiger partial charge on any atom is 0.247 e. The summed E-state index contributed by atoms with van der Waals surface area (Å²) in [6.07, 6.45) is 0. The van der Waals surface area contributed by atoms with E-state index in [-0.39, 0.29) is 5.71 Å². The van der Waals surface area contributed by atoms with Gasteiger partial charge in [-0.05, 0) is 6.92 Å². The van der Waals surface area contributed by atoms with Crippen molar-refractivity contribution in [2.24, 2.45) is 0 Å². The van der Waals surface area contributed by atoms with Crippen LogP contribution in [0.25, 0.3) is 0 Å². The van der Waals surface area contributed by atoms with Gasteiger partial charge in [-0.2, -0.15) is 0 Å². The molecule has 4 nitrogen and oxygen atoms in total. The third kappa shape index (κ3) is 1.68. The molecule has 1 N–H and O–H groups in total. The van der Waals surface area contributed by atoms with Crippen LogP contribution in [0.3, 0.4) is 0 Å². The first kappa shape index (κ1) is 7.07. The molecule has 0 saturated carbocycles. The minimum absolute atomic E-state index is 0.0926. The lowest BCUT2D eigenvalue weighted by Crippen LogP contribution is -2.22. The second kappa shape index (κ2) is 2.40. The van der Waals surface area contributed by atoms with E-state index in [0.29, 0.717) is 0 Å². The summed E-state index contributed by atoms with van der Waals surface area (Å²) < 4.78 is 0. The van der Waals surface area contributed by atoms with Crippen LogP contribution >= 0.6 is 0 Å². The molecule has 0 amide bonds. The van der Waals surface area contributed by atoms with E-state index in [1.807, 2.05) is 0 Å². The lowest BCUT2D eigenvalue weighted by molar-refractivity contribution is -0.498. The first-order valence-electron chi connectivity index (χ1n) is 2.24. The fourth-order valence-corrected chi connectivity index (χ4v) is 0.158. The Balaban J connectivity index is 3.83.